The van der Waals surface area contributed by atoms with Crippen LogP contribution in [0.15, 0.2) is 34.9 Å². The van der Waals surface area contributed by atoms with Crippen LogP contribution in [0, 0.1) is 62.1 Å². The summed E-state index contributed by atoms with van der Waals surface area (Å²) in [5, 5.41) is 36.9. The van der Waals surface area contributed by atoms with Crippen molar-refractivity contribution in [3.8, 4) is 0 Å². The Kier molecular flexibility index (Phi) is 9.52. The molecule has 6 heteroatoms. The minimum absolute atomic E-state index is 0.0384. The van der Waals surface area contributed by atoms with Crippen LogP contribution in [0.4, 0.5) is 0 Å². The van der Waals surface area contributed by atoms with E-state index in [-0.39, 0.29) is 34.4 Å². The molecule has 5 aliphatic rings. The van der Waals surface area contributed by atoms with E-state index in [2.05, 4.69) is 61.5 Å². The molecule has 3 N–H and O–H groups in total. The van der Waals surface area contributed by atoms with Crippen molar-refractivity contribution in [1.82, 2.24) is 0 Å². The number of allylic oxidation sites excluding steroid dienone is 4. The van der Waals surface area contributed by atoms with E-state index in [4.69, 9.17) is 4.74 Å². The fourth-order valence-corrected chi connectivity index (χ4v) is 12.6. The second kappa shape index (κ2) is 12.2. The van der Waals surface area contributed by atoms with E-state index in [0.717, 1.165) is 24.8 Å². The van der Waals surface area contributed by atoms with Gasteiger partial charge < -0.3 is 20.1 Å². The predicted octanol–water partition coefficient (Wildman–Crippen LogP) is 8.00. The third kappa shape index (κ3) is 4.88. The lowest BCUT2D eigenvalue weighted by atomic mass is 9.32. The third-order valence-corrected chi connectivity index (χ3v) is 16.6. The lowest BCUT2D eigenvalue weighted by molar-refractivity contribution is -0.282. The van der Waals surface area contributed by atoms with Crippen LogP contribution >= 0.6 is 0 Å². The standard InChI is InChI=1S/C42H66O6/c1-13-24(3)30(44)21-28-35(48-36(47)25(4)14-2)42(23-43)29(22-37(28,6)7)27-15-16-32-39(10)19-17-26(5)38(8,9)31(39)18-20-40(32,11)41(27,12)33(45)34(42)46/h13-15,26,28-29,31-35,43,45-46H,16-23H2,1-12H3/t26-,28-,29?,31?,32?,33-,34+,35-,39-,40+,41-,42-/m0/s1. The SMILES string of the molecule is CC=C(C)C(=O)C[C@H]1[C@H](OC(=O)C(C)=CC)[C@@]2(CO)C(CC1(C)C)C1=CCC3[C@@]4(C)CC[C@H](C)C(C)(C)C4CC[C@@]3(C)[C@]1(C)[C@@H](O)[C@H]2O. The number of ketones is 1. The Labute approximate surface area is 290 Å². The van der Waals surface area contributed by atoms with Gasteiger partial charge in [0.15, 0.2) is 5.78 Å². The van der Waals surface area contributed by atoms with Crippen molar-refractivity contribution in [2.24, 2.45) is 62.1 Å². The van der Waals surface area contributed by atoms with Crippen LogP contribution in [0.2, 0.25) is 0 Å². The molecule has 0 bridgehead atoms. The first-order chi connectivity index (χ1) is 22.2. The molecule has 0 aromatic rings. The molecule has 48 heavy (non-hydrogen) atoms. The molecular weight excluding hydrogens is 600 g/mol. The molecule has 3 unspecified atom stereocenters. The number of aliphatic hydroxyl groups excluding tert-OH is 3. The van der Waals surface area contributed by atoms with Crippen LogP contribution in [0.3, 0.4) is 0 Å². The maximum Gasteiger partial charge on any atom is 0.333 e. The Morgan fingerprint density at radius 1 is 0.917 bits per heavy atom. The first-order valence-corrected chi connectivity index (χ1v) is 18.8. The zero-order valence-electron chi connectivity index (χ0n) is 32.1. The largest absolute Gasteiger partial charge is 0.458 e. The van der Waals surface area contributed by atoms with Gasteiger partial charge in [0.1, 0.15) is 6.10 Å². The second-order valence-electron chi connectivity index (χ2n) is 18.8. The number of hydrogen-bond acceptors (Lipinski definition) is 6. The molecule has 0 aromatic heterocycles. The highest BCUT2D eigenvalue weighted by Crippen LogP contribution is 2.76. The summed E-state index contributed by atoms with van der Waals surface area (Å²) in [7, 11) is 0. The van der Waals surface area contributed by atoms with Crippen molar-refractivity contribution in [3.05, 3.63) is 34.9 Å². The fraction of sp³-hybridized carbons (Fsp3) is 0.810. The van der Waals surface area contributed by atoms with Gasteiger partial charge in [0.25, 0.3) is 0 Å². The van der Waals surface area contributed by atoms with E-state index in [1.807, 2.05) is 6.92 Å². The van der Waals surface area contributed by atoms with E-state index >= 15 is 0 Å². The Morgan fingerprint density at radius 2 is 1.54 bits per heavy atom. The molecule has 0 amide bonds. The highest BCUT2D eigenvalue weighted by atomic mass is 16.5. The van der Waals surface area contributed by atoms with Gasteiger partial charge in [-0.15, -0.1) is 0 Å². The molecule has 0 aliphatic heterocycles. The van der Waals surface area contributed by atoms with E-state index in [9.17, 15) is 24.9 Å². The third-order valence-electron chi connectivity index (χ3n) is 16.6. The van der Waals surface area contributed by atoms with Gasteiger partial charge in [-0.2, -0.15) is 0 Å². The number of esters is 1. The summed E-state index contributed by atoms with van der Waals surface area (Å²) >= 11 is 0. The number of Topliss-reactive ketones (excluding diaryl/α,β-unsaturated/α-hetero) is 1. The molecule has 4 saturated carbocycles. The molecule has 270 valence electrons. The number of carbonyl (C=O) groups excluding carboxylic acids is 2. The number of hydrogen-bond donors (Lipinski definition) is 3. The van der Waals surface area contributed by atoms with Gasteiger partial charge in [-0.25, -0.2) is 4.79 Å². The molecule has 5 rings (SSSR count). The fourth-order valence-electron chi connectivity index (χ4n) is 12.6. The monoisotopic (exact) mass is 666 g/mol. The number of aliphatic hydroxyl groups is 3. The number of fused-ring (bicyclic) bond motifs is 7. The van der Waals surface area contributed by atoms with Crippen molar-refractivity contribution >= 4 is 11.8 Å². The maximum atomic E-state index is 13.6. The number of rotatable bonds is 6. The van der Waals surface area contributed by atoms with Crippen molar-refractivity contribution in [2.45, 2.75) is 146 Å². The molecule has 0 radical (unpaired) electrons. The number of ether oxygens (including phenoxy) is 1. The molecule has 6 nitrogen and oxygen atoms in total. The lowest BCUT2D eigenvalue weighted by Gasteiger charge is -2.73. The summed E-state index contributed by atoms with van der Waals surface area (Å²) < 4.78 is 6.42. The van der Waals surface area contributed by atoms with Gasteiger partial charge in [-0.3, -0.25) is 4.79 Å². The Morgan fingerprint density at radius 3 is 2.12 bits per heavy atom. The Balaban J connectivity index is 1.69. The van der Waals surface area contributed by atoms with Gasteiger partial charge in [-0.1, -0.05) is 79.2 Å². The molecule has 0 aromatic carbocycles. The second-order valence-corrected chi connectivity index (χ2v) is 18.8. The Bertz CT molecular complexity index is 1400. The quantitative estimate of drug-likeness (QED) is 0.151. The molecular formula is C42H66O6. The highest BCUT2D eigenvalue weighted by Gasteiger charge is 2.75. The minimum atomic E-state index is -1.37. The van der Waals surface area contributed by atoms with Crippen LogP contribution < -0.4 is 0 Å². The average molecular weight is 667 g/mol. The van der Waals surface area contributed by atoms with Crippen LogP contribution in [0.5, 0.6) is 0 Å². The first kappa shape index (κ1) is 37.5. The predicted molar refractivity (Wildman–Crippen MR) is 191 cm³/mol. The lowest BCUT2D eigenvalue weighted by Crippen LogP contribution is -2.75. The van der Waals surface area contributed by atoms with E-state index in [0.29, 0.717) is 35.3 Å². The van der Waals surface area contributed by atoms with E-state index < -0.39 is 53.1 Å². The van der Waals surface area contributed by atoms with Gasteiger partial charge in [-0.05, 0) is 117 Å². The summed E-state index contributed by atoms with van der Waals surface area (Å²) in [6, 6.07) is 0. The van der Waals surface area contributed by atoms with Gasteiger partial charge >= 0.3 is 5.97 Å². The van der Waals surface area contributed by atoms with Crippen molar-refractivity contribution < 1.29 is 29.6 Å². The van der Waals surface area contributed by atoms with Crippen molar-refractivity contribution in [3.63, 3.8) is 0 Å². The first-order valence-electron chi connectivity index (χ1n) is 18.8. The zero-order valence-corrected chi connectivity index (χ0v) is 32.1. The summed E-state index contributed by atoms with van der Waals surface area (Å²) in [6.45, 7) is 25.3. The van der Waals surface area contributed by atoms with Crippen LogP contribution in [0.1, 0.15) is 128 Å². The van der Waals surface area contributed by atoms with Crippen LogP contribution in [-0.2, 0) is 14.3 Å². The topological polar surface area (TPSA) is 104 Å². The molecule has 0 heterocycles. The van der Waals surface area contributed by atoms with E-state index in [1.54, 1.807) is 32.9 Å². The maximum absolute atomic E-state index is 13.6. The summed E-state index contributed by atoms with van der Waals surface area (Å²) in [5.41, 5.74) is -0.377. The smallest absolute Gasteiger partial charge is 0.333 e. The van der Waals surface area contributed by atoms with Crippen LogP contribution in [0.25, 0.3) is 0 Å². The van der Waals surface area contributed by atoms with Crippen molar-refractivity contribution in [1.29, 1.82) is 0 Å². The molecule has 0 saturated heterocycles. The molecule has 12 atom stereocenters. The van der Waals surface area contributed by atoms with E-state index in [1.165, 1.54) is 12.8 Å². The average Bonchev–Trinajstić information content (AvgIpc) is 3.03. The van der Waals surface area contributed by atoms with Gasteiger partial charge in [0, 0.05) is 23.3 Å². The number of carbonyl (C=O) groups is 2. The molecule has 0 spiro atoms. The summed E-state index contributed by atoms with van der Waals surface area (Å²) in [4.78, 5) is 27.1. The Hall–Kier alpha value is -1.76. The normalized spacial score (nSPS) is 46.7. The summed E-state index contributed by atoms with van der Waals surface area (Å²) in [5.74, 6) is 0.199. The summed E-state index contributed by atoms with van der Waals surface area (Å²) in [6.07, 6.45) is 8.37. The zero-order chi connectivity index (χ0) is 36.0. The molecule has 5 aliphatic carbocycles. The van der Waals surface area contributed by atoms with Crippen LogP contribution in [-0.4, -0.2) is 52.0 Å². The minimum Gasteiger partial charge on any atom is -0.458 e. The van der Waals surface area contributed by atoms with Gasteiger partial charge in [0.05, 0.1) is 24.2 Å². The van der Waals surface area contributed by atoms with Crippen molar-refractivity contribution in [2.75, 3.05) is 6.61 Å². The molecule has 4 fully saturated rings. The van der Waals surface area contributed by atoms with Gasteiger partial charge in [0.2, 0.25) is 0 Å². The highest BCUT2D eigenvalue weighted by molar-refractivity contribution is 5.95.